The molecule has 162 valence electrons. The summed E-state index contributed by atoms with van der Waals surface area (Å²) in [6.07, 6.45) is 21.3. The molecule has 0 aliphatic heterocycles. The Morgan fingerprint density at radius 1 is 0.900 bits per heavy atom. The maximum atomic E-state index is 5.87. The van der Waals surface area contributed by atoms with Gasteiger partial charge in [-0.15, -0.1) is 11.3 Å². The molecule has 0 bridgehead atoms. The second-order valence-electron chi connectivity index (χ2n) is 7.95. The molecule has 0 saturated heterocycles. The molecule has 0 amide bonds. The molecule has 2 heterocycles. The van der Waals surface area contributed by atoms with Gasteiger partial charge in [0.25, 0.3) is 0 Å². The summed E-state index contributed by atoms with van der Waals surface area (Å²) in [7, 11) is 0. The van der Waals surface area contributed by atoms with Gasteiger partial charge in [-0.2, -0.15) is 0 Å². The number of allylic oxidation sites excluding steroid dienone is 2. The van der Waals surface area contributed by atoms with Crippen molar-refractivity contribution < 1.29 is 4.74 Å². The fourth-order valence-corrected chi connectivity index (χ4v) is 4.52. The Morgan fingerprint density at radius 3 is 2.47 bits per heavy atom. The van der Waals surface area contributed by atoms with Gasteiger partial charge < -0.3 is 4.74 Å². The highest BCUT2D eigenvalue weighted by Gasteiger charge is 2.08. The van der Waals surface area contributed by atoms with Crippen LogP contribution >= 0.6 is 11.3 Å². The maximum Gasteiger partial charge on any atom is 0.194 e. The van der Waals surface area contributed by atoms with Gasteiger partial charge in [-0.25, -0.2) is 4.98 Å². The van der Waals surface area contributed by atoms with Crippen molar-refractivity contribution in [3.63, 3.8) is 0 Å². The number of unbranched alkanes of at least 4 members (excludes halogenated alkanes) is 6. The third-order valence-corrected chi connectivity index (χ3v) is 6.34. The molecule has 0 aliphatic rings. The fraction of sp³-hybridized carbons (Fsp3) is 0.500. The molecule has 4 heteroatoms. The predicted molar refractivity (Wildman–Crippen MR) is 130 cm³/mol. The van der Waals surface area contributed by atoms with Gasteiger partial charge in [-0.3, -0.25) is 4.40 Å². The molecule has 0 aliphatic carbocycles. The van der Waals surface area contributed by atoms with E-state index in [2.05, 4.69) is 67.1 Å². The van der Waals surface area contributed by atoms with Gasteiger partial charge in [0, 0.05) is 22.8 Å². The molecule has 0 saturated carbocycles. The Hall–Kier alpha value is -2.07. The van der Waals surface area contributed by atoms with Crippen LogP contribution in [0.25, 0.3) is 16.2 Å². The molecule has 2 aromatic heterocycles. The summed E-state index contributed by atoms with van der Waals surface area (Å²) in [5, 5.41) is 0. The number of aromatic nitrogens is 2. The summed E-state index contributed by atoms with van der Waals surface area (Å²) in [6.45, 7) is 5.23. The zero-order chi connectivity index (χ0) is 21.0. The van der Waals surface area contributed by atoms with Crippen LogP contribution in [0.1, 0.15) is 76.5 Å². The molecule has 3 rings (SSSR count). The first-order valence-electron chi connectivity index (χ1n) is 11.7. The number of ether oxygens (including phenoxy) is 1. The number of imidazole rings is 1. The largest absolute Gasteiger partial charge is 0.494 e. The first-order chi connectivity index (χ1) is 14.8. The Bertz CT molecular complexity index is 860. The number of hydrogen-bond donors (Lipinski definition) is 0. The lowest BCUT2D eigenvalue weighted by atomic mass is 10.1. The summed E-state index contributed by atoms with van der Waals surface area (Å²) in [5.74, 6) is 0.933. The third-order valence-electron chi connectivity index (χ3n) is 5.29. The Kier molecular flexibility index (Phi) is 9.49. The minimum absolute atomic E-state index is 0.761. The standard InChI is InChI=1S/C26H36N2OS/c1-3-5-7-9-11-13-19-29-23-17-15-22(16-18-23)25-21-28-20-24(30-26(28)27-25)14-12-10-8-6-4-2/h7,9,15-18,20-21H,3-6,8,10-14,19H2,1-2H3/b9-7+. The van der Waals surface area contributed by atoms with Crippen molar-refractivity contribution in [1.82, 2.24) is 9.38 Å². The van der Waals surface area contributed by atoms with Crippen LogP contribution in [-0.4, -0.2) is 16.0 Å². The molecule has 1 aromatic carbocycles. The smallest absolute Gasteiger partial charge is 0.194 e. The van der Waals surface area contributed by atoms with Crippen LogP contribution in [0, 0.1) is 0 Å². The van der Waals surface area contributed by atoms with Crippen LogP contribution in [-0.2, 0) is 6.42 Å². The van der Waals surface area contributed by atoms with Gasteiger partial charge in [-0.05, 0) is 56.4 Å². The third kappa shape index (κ3) is 7.02. The van der Waals surface area contributed by atoms with Crippen LogP contribution in [0.5, 0.6) is 5.75 Å². The minimum atomic E-state index is 0.761. The van der Waals surface area contributed by atoms with Crippen molar-refractivity contribution in [2.75, 3.05) is 6.61 Å². The second kappa shape index (κ2) is 12.6. The van der Waals surface area contributed by atoms with Crippen molar-refractivity contribution in [2.45, 2.75) is 78.1 Å². The fourth-order valence-electron chi connectivity index (χ4n) is 3.52. The highest BCUT2D eigenvalue weighted by molar-refractivity contribution is 7.17. The molecule has 0 N–H and O–H groups in total. The molecule has 3 aromatic rings. The zero-order valence-corrected chi connectivity index (χ0v) is 19.4. The molecule has 0 fully saturated rings. The van der Waals surface area contributed by atoms with E-state index in [0.29, 0.717) is 0 Å². The van der Waals surface area contributed by atoms with E-state index in [0.717, 1.165) is 41.4 Å². The van der Waals surface area contributed by atoms with Crippen molar-refractivity contribution >= 4 is 16.3 Å². The van der Waals surface area contributed by atoms with Crippen molar-refractivity contribution in [1.29, 1.82) is 0 Å². The van der Waals surface area contributed by atoms with Crippen LogP contribution in [0.4, 0.5) is 0 Å². The van der Waals surface area contributed by atoms with Gasteiger partial charge in [0.1, 0.15) is 5.75 Å². The maximum absolute atomic E-state index is 5.87. The predicted octanol–water partition coefficient (Wildman–Crippen LogP) is 8.09. The van der Waals surface area contributed by atoms with Crippen LogP contribution in [0.3, 0.4) is 0 Å². The van der Waals surface area contributed by atoms with Crippen LogP contribution in [0.15, 0.2) is 48.8 Å². The van der Waals surface area contributed by atoms with Gasteiger partial charge in [-0.1, -0.05) is 58.1 Å². The normalized spacial score (nSPS) is 11.7. The van der Waals surface area contributed by atoms with E-state index in [-0.39, 0.29) is 0 Å². The van der Waals surface area contributed by atoms with Gasteiger partial charge in [0.05, 0.1) is 12.3 Å². The van der Waals surface area contributed by atoms with E-state index in [1.54, 1.807) is 0 Å². The number of nitrogens with zero attached hydrogens (tertiary/aromatic N) is 2. The second-order valence-corrected chi connectivity index (χ2v) is 9.05. The van der Waals surface area contributed by atoms with Crippen molar-refractivity contribution in [3.05, 3.63) is 53.7 Å². The Labute approximate surface area is 185 Å². The molecule has 0 radical (unpaired) electrons. The van der Waals surface area contributed by atoms with E-state index in [1.807, 2.05) is 11.3 Å². The Morgan fingerprint density at radius 2 is 1.70 bits per heavy atom. The Balaban J connectivity index is 1.46. The molecule has 3 nitrogen and oxygen atoms in total. The molecule has 0 spiro atoms. The molecule has 30 heavy (non-hydrogen) atoms. The van der Waals surface area contributed by atoms with Crippen LogP contribution < -0.4 is 4.74 Å². The van der Waals surface area contributed by atoms with E-state index < -0.39 is 0 Å². The lowest BCUT2D eigenvalue weighted by Crippen LogP contribution is -1.96. The van der Waals surface area contributed by atoms with Crippen LogP contribution in [0.2, 0.25) is 0 Å². The highest BCUT2D eigenvalue weighted by Crippen LogP contribution is 2.26. The van der Waals surface area contributed by atoms with E-state index >= 15 is 0 Å². The summed E-state index contributed by atoms with van der Waals surface area (Å²) < 4.78 is 8.05. The van der Waals surface area contributed by atoms with E-state index in [9.17, 15) is 0 Å². The summed E-state index contributed by atoms with van der Waals surface area (Å²) in [5.41, 5.74) is 2.17. The number of aryl methyl sites for hydroxylation is 1. The quantitative estimate of drug-likeness (QED) is 0.193. The average Bonchev–Trinajstić information content (AvgIpc) is 3.32. The topological polar surface area (TPSA) is 26.5 Å². The number of hydrogen-bond acceptors (Lipinski definition) is 3. The lowest BCUT2D eigenvalue weighted by molar-refractivity contribution is 0.312. The minimum Gasteiger partial charge on any atom is -0.494 e. The number of benzene rings is 1. The van der Waals surface area contributed by atoms with E-state index in [1.165, 1.54) is 56.2 Å². The van der Waals surface area contributed by atoms with Gasteiger partial charge in [0.2, 0.25) is 0 Å². The first kappa shape index (κ1) is 22.6. The monoisotopic (exact) mass is 424 g/mol. The number of rotatable bonds is 14. The highest BCUT2D eigenvalue weighted by atomic mass is 32.1. The molecular formula is C26H36N2OS. The van der Waals surface area contributed by atoms with Crippen molar-refractivity contribution in [2.24, 2.45) is 0 Å². The van der Waals surface area contributed by atoms with Gasteiger partial charge >= 0.3 is 0 Å². The summed E-state index contributed by atoms with van der Waals surface area (Å²) in [4.78, 5) is 7.36. The number of fused-ring (bicyclic) bond motifs is 1. The van der Waals surface area contributed by atoms with E-state index in [4.69, 9.17) is 9.72 Å². The molecule has 0 atom stereocenters. The first-order valence-corrected chi connectivity index (χ1v) is 12.5. The van der Waals surface area contributed by atoms with Crippen molar-refractivity contribution in [3.8, 4) is 17.0 Å². The lowest BCUT2D eigenvalue weighted by Gasteiger charge is -2.05. The SMILES string of the molecule is CCC/C=C/CCCOc1ccc(-c2cn3cc(CCCCCCC)sc3n2)cc1. The molecular weight excluding hydrogens is 388 g/mol. The molecule has 0 unspecified atom stereocenters. The zero-order valence-electron chi connectivity index (χ0n) is 18.6. The average molecular weight is 425 g/mol. The summed E-state index contributed by atoms with van der Waals surface area (Å²) >= 11 is 1.82. The van der Waals surface area contributed by atoms with Gasteiger partial charge in [0.15, 0.2) is 4.96 Å². The summed E-state index contributed by atoms with van der Waals surface area (Å²) in [6, 6.07) is 8.32. The number of thiazole rings is 1.